The Morgan fingerprint density at radius 3 is 2.78 bits per heavy atom. The van der Waals surface area contributed by atoms with Crippen LogP contribution in [0.25, 0.3) is 11.4 Å². The molecule has 8 heteroatoms. The maximum atomic E-state index is 13.7. The van der Waals surface area contributed by atoms with Crippen molar-refractivity contribution >= 4 is 17.4 Å². The lowest BCUT2D eigenvalue weighted by molar-refractivity contribution is -0.137. The molecule has 1 atom stereocenters. The molecule has 0 spiro atoms. The van der Waals surface area contributed by atoms with E-state index in [4.69, 9.17) is 10.7 Å². The van der Waals surface area contributed by atoms with Gasteiger partial charge in [-0.25, -0.2) is 14.4 Å². The summed E-state index contributed by atoms with van der Waals surface area (Å²) in [6, 6.07) is 11.8. The normalized spacial score (nSPS) is 16.6. The van der Waals surface area contributed by atoms with E-state index in [0.717, 1.165) is 24.1 Å². The van der Waals surface area contributed by atoms with Crippen LogP contribution in [-0.4, -0.2) is 44.4 Å². The first-order chi connectivity index (χ1) is 15.3. The van der Waals surface area contributed by atoms with Gasteiger partial charge in [0.1, 0.15) is 11.6 Å². The van der Waals surface area contributed by atoms with Gasteiger partial charge in [-0.2, -0.15) is 0 Å². The van der Waals surface area contributed by atoms with Gasteiger partial charge in [-0.05, 0) is 57.0 Å². The Bertz CT molecular complexity index is 1100. The second-order valence-corrected chi connectivity index (χ2v) is 8.69. The number of pyridine rings is 1. The number of likely N-dealkylation sites (tertiary alicyclic amines) is 1. The summed E-state index contributed by atoms with van der Waals surface area (Å²) in [7, 11) is 0. The van der Waals surface area contributed by atoms with E-state index < -0.39 is 5.54 Å². The maximum absolute atomic E-state index is 13.7. The van der Waals surface area contributed by atoms with Crippen LogP contribution in [0.2, 0.25) is 0 Å². The molecule has 0 saturated carbocycles. The molecule has 1 aliphatic rings. The first-order valence-electron chi connectivity index (χ1n) is 10.7. The second-order valence-electron chi connectivity index (χ2n) is 8.69. The van der Waals surface area contributed by atoms with Crippen LogP contribution >= 0.6 is 0 Å². The van der Waals surface area contributed by atoms with Crippen molar-refractivity contribution in [3.63, 3.8) is 0 Å². The molecule has 0 aliphatic carbocycles. The van der Waals surface area contributed by atoms with Gasteiger partial charge in [0.05, 0.1) is 11.2 Å². The average molecular weight is 435 g/mol. The lowest BCUT2D eigenvalue weighted by atomic mass is 9.92. The van der Waals surface area contributed by atoms with Crippen LogP contribution in [0.5, 0.6) is 0 Å². The summed E-state index contributed by atoms with van der Waals surface area (Å²) in [4.78, 5) is 28.2. The first-order valence-corrected chi connectivity index (χ1v) is 10.7. The van der Waals surface area contributed by atoms with Crippen LogP contribution in [0.3, 0.4) is 0 Å². The van der Waals surface area contributed by atoms with Gasteiger partial charge >= 0.3 is 0 Å². The summed E-state index contributed by atoms with van der Waals surface area (Å²) in [5, 5.41) is 3.18. The molecule has 1 amide bonds. The van der Waals surface area contributed by atoms with E-state index in [0.29, 0.717) is 30.4 Å². The van der Waals surface area contributed by atoms with Gasteiger partial charge in [-0.3, -0.25) is 9.78 Å². The van der Waals surface area contributed by atoms with Crippen LogP contribution in [0.1, 0.15) is 38.3 Å². The molecule has 32 heavy (non-hydrogen) atoms. The summed E-state index contributed by atoms with van der Waals surface area (Å²) in [5.74, 6) is 0.727. The molecule has 7 nitrogen and oxygen atoms in total. The number of piperidine rings is 1. The van der Waals surface area contributed by atoms with Gasteiger partial charge in [0.2, 0.25) is 5.91 Å². The minimum Gasteiger partial charge on any atom is -0.340 e. The third kappa shape index (κ3) is 5.08. The maximum Gasteiger partial charge on any atom is 0.242 e. The third-order valence-electron chi connectivity index (χ3n) is 5.44. The number of hydrogen-bond acceptors (Lipinski definition) is 6. The molecule has 3 aromatic rings. The topological polar surface area (TPSA) is 97.0 Å². The molecule has 166 valence electrons. The van der Waals surface area contributed by atoms with Gasteiger partial charge in [0, 0.05) is 48.7 Å². The van der Waals surface area contributed by atoms with E-state index >= 15 is 0 Å². The number of nitrogens with one attached hydrogen (secondary N) is 1. The molecule has 2 aromatic heterocycles. The number of nitrogens with two attached hydrogens (primary N) is 1. The molecule has 3 N–H and O–H groups in total. The van der Waals surface area contributed by atoms with E-state index in [1.165, 1.54) is 12.1 Å². The van der Waals surface area contributed by atoms with E-state index in [1.807, 2.05) is 23.1 Å². The van der Waals surface area contributed by atoms with Crippen molar-refractivity contribution < 1.29 is 9.18 Å². The fraction of sp³-hybridized carbons (Fsp3) is 0.333. The van der Waals surface area contributed by atoms with Crippen molar-refractivity contribution in [1.29, 1.82) is 0 Å². The molecule has 0 radical (unpaired) electrons. The monoisotopic (exact) mass is 434 g/mol. The minimum atomic E-state index is -0.918. The third-order valence-corrected chi connectivity index (χ3v) is 5.44. The average Bonchev–Trinajstić information content (AvgIpc) is 2.78. The van der Waals surface area contributed by atoms with Crippen LogP contribution in [-0.2, 0) is 4.79 Å². The standard InChI is InChI=1S/C24H27FN6O/c1-24(2,26)23(32)31-11-5-7-17(15-31)20-13-21(28-19-9-3-8-18(25)12-19)30-22(29-20)16-6-4-10-27-14-16/h3-4,6,8-10,12-14,17H,5,7,11,15,26H2,1-2H3,(H,28,29,30). The summed E-state index contributed by atoms with van der Waals surface area (Å²) in [5.41, 5.74) is 7.33. The van der Waals surface area contributed by atoms with Gasteiger partial charge < -0.3 is 16.0 Å². The highest BCUT2D eigenvalue weighted by atomic mass is 19.1. The summed E-state index contributed by atoms with van der Waals surface area (Å²) >= 11 is 0. The number of rotatable bonds is 5. The molecular formula is C24H27FN6O. The molecule has 1 unspecified atom stereocenters. The Morgan fingerprint density at radius 2 is 2.06 bits per heavy atom. The first kappa shape index (κ1) is 21.8. The summed E-state index contributed by atoms with van der Waals surface area (Å²) in [6.45, 7) is 4.68. The Morgan fingerprint density at radius 1 is 1.22 bits per heavy atom. The zero-order valence-corrected chi connectivity index (χ0v) is 18.3. The van der Waals surface area contributed by atoms with Crippen LogP contribution < -0.4 is 11.1 Å². The fourth-order valence-electron chi connectivity index (χ4n) is 3.89. The SMILES string of the molecule is CC(C)(N)C(=O)N1CCCC(c2cc(Nc3cccc(F)c3)nc(-c3cccnc3)n2)C1. The van der Waals surface area contributed by atoms with Crippen molar-refractivity contribution in [3.8, 4) is 11.4 Å². The van der Waals surface area contributed by atoms with Crippen molar-refractivity contribution in [2.75, 3.05) is 18.4 Å². The molecule has 1 aromatic carbocycles. The number of amides is 1. The Kier molecular flexibility index (Phi) is 6.14. The minimum absolute atomic E-state index is 0.0431. The number of hydrogen-bond donors (Lipinski definition) is 2. The predicted molar refractivity (Wildman–Crippen MR) is 122 cm³/mol. The highest BCUT2D eigenvalue weighted by Gasteiger charge is 2.32. The van der Waals surface area contributed by atoms with Crippen LogP contribution in [0.15, 0.2) is 54.9 Å². The molecule has 3 heterocycles. The van der Waals surface area contributed by atoms with Crippen molar-refractivity contribution in [1.82, 2.24) is 19.9 Å². The zero-order valence-electron chi connectivity index (χ0n) is 18.3. The number of carbonyl (C=O) groups is 1. The quantitative estimate of drug-likeness (QED) is 0.633. The fourth-order valence-corrected chi connectivity index (χ4v) is 3.89. The van der Waals surface area contributed by atoms with Crippen molar-refractivity contribution in [2.45, 2.75) is 38.1 Å². The number of benzene rings is 1. The zero-order chi connectivity index (χ0) is 22.7. The number of carbonyl (C=O) groups excluding carboxylic acids is 1. The number of nitrogens with zero attached hydrogens (tertiary/aromatic N) is 4. The molecular weight excluding hydrogens is 407 g/mol. The van der Waals surface area contributed by atoms with Gasteiger partial charge in [0.15, 0.2) is 5.82 Å². The molecule has 1 saturated heterocycles. The van der Waals surface area contributed by atoms with Crippen molar-refractivity contribution in [2.24, 2.45) is 5.73 Å². The largest absolute Gasteiger partial charge is 0.340 e. The molecule has 1 aliphatic heterocycles. The summed E-state index contributed by atoms with van der Waals surface area (Å²) in [6.07, 6.45) is 5.17. The van der Waals surface area contributed by atoms with Gasteiger partial charge in [0.25, 0.3) is 0 Å². The van der Waals surface area contributed by atoms with E-state index in [-0.39, 0.29) is 17.6 Å². The summed E-state index contributed by atoms with van der Waals surface area (Å²) < 4.78 is 13.7. The lowest BCUT2D eigenvalue weighted by Crippen LogP contribution is -2.53. The van der Waals surface area contributed by atoms with Crippen LogP contribution in [0.4, 0.5) is 15.9 Å². The Balaban J connectivity index is 1.68. The molecule has 0 bridgehead atoms. The number of aromatic nitrogens is 3. The number of halogens is 1. The number of anilines is 2. The van der Waals surface area contributed by atoms with E-state index in [2.05, 4.69) is 15.3 Å². The highest BCUT2D eigenvalue weighted by molar-refractivity contribution is 5.85. The highest BCUT2D eigenvalue weighted by Crippen LogP contribution is 2.30. The van der Waals surface area contributed by atoms with E-state index in [9.17, 15) is 9.18 Å². The Hall–Kier alpha value is -3.39. The van der Waals surface area contributed by atoms with Crippen molar-refractivity contribution in [3.05, 3.63) is 66.4 Å². The lowest BCUT2D eigenvalue weighted by Gasteiger charge is -2.36. The predicted octanol–water partition coefficient (Wildman–Crippen LogP) is 3.86. The molecule has 4 rings (SSSR count). The van der Waals surface area contributed by atoms with Gasteiger partial charge in [-0.15, -0.1) is 0 Å². The Labute approximate surface area is 186 Å². The smallest absolute Gasteiger partial charge is 0.242 e. The van der Waals surface area contributed by atoms with E-state index in [1.54, 1.807) is 38.4 Å². The molecule has 1 fully saturated rings. The van der Waals surface area contributed by atoms with Crippen LogP contribution in [0, 0.1) is 5.82 Å². The second kappa shape index (κ2) is 9.00. The van der Waals surface area contributed by atoms with Gasteiger partial charge in [-0.1, -0.05) is 6.07 Å².